The second kappa shape index (κ2) is 6.14. The molecule has 1 aromatic carbocycles. The molecule has 1 N–H and O–H groups in total. The highest BCUT2D eigenvalue weighted by atomic mass is 19.1. The number of hydrogen-bond donors (Lipinski definition) is 1. The molecule has 0 atom stereocenters. The number of carbonyl (C=O) groups excluding carboxylic acids is 3. The van der Waals surface area contributed by atoms with Gasteiger partial charge in [-0.15, -0.1) is 0 Å². The molecule has 3 amide bonds. The Hall–Kier alpha value is -2.44. The van der Waals surface area contributed by atoms with Crippen molar-refractivity contribution in [3.63, 3.8) is 0 Å². The van der Waals surface area contributed by atoms with E-state index in [2.05, 4.69) is 5.32 Å². The van der Waals surface area contributed by atoms with Crippen LogP contribution in [0.15, 0.2) is 24.3 Å². The molecule has 106 valence electrons. The number of benzene rings is 1. The van der Waals surface area contributed by atoms with E-state index in [1.54, 1.807) is 6.07 Å². The standard InChI is InChI=1S/C13H13FN2O4/c14-10-4-2-1-3-9(10)7-12(18)20-8-11(17)16-6-5-15-13(16)19/h1-4H,5-8H2,(H,15,19). The van der Waals surface area contributed by atoms with Gasteiger partial charge in [-0.2, -0.15) is 0 Å². The Morgan fingerprint density at radius 1 is 1.35 bits per heavy atom. The molecule has 20 heavy (non-hydrogen) atoms. The fraction of sp³-hybridized carbons (Fsp3) is 0.308. The third kappa shape index (κ3) is 3.31. The molecule has 0 saturated carbocycles. The van der Waals surface area contributed by atoms with Crippen molar-refractivity contribution < 1.29 is 23.5 Å². The molecule has 1 aliphatic rings. The van der Waals surface area contributed by atoms with Gasteiger partial charge in [0.05, 0.1) is 6.42 Å². The van der Waals surface area contributed by atoms with Crippen molar-refractivity contribution in [2.45, 2.75) is 6.42 Å². The van der Waals surface area contributed by atoms with E-state index in [-0.39, 0.29) is 18.5 Å². The first kappa shape index (κ1) is 14.0. The van der Waals surface area contributed by atoms with Crippen LogP contribution in [0.4, 0.5) is 9.18 Å². The summed E-state index contributed by atoms with van der Waals surface area (Å²) < 4.78 is 18.1. The first-order valence-electron chi connectivity index (χ1n) is 6.05. The molecule has 0 aliphatic carbocycles. The Labute approximate surface area is 114 Å². The SMILES string of the molecule is O=C(Cc1ccccc1F)OCC(=O)N1CCNC1=O. The lowest BCUT2D eigenvalue weighted by Gasteiger charge is -2.12. The summed E-state index contributed by atoms with van der Waals surface area (Å²) in [4.78, 5) is 35.3. The summed E-state index contributed by atoms with van der Waals surface area (Å²) >= 11 is 0. The zero-order valence-electron chi connectivity index (χ0n) is 10.6. The summed E-state index contributed by atoms with van der Waals surface area (Å²) in [6.45, 7) is 0.108. The van der Waals surface area contributed by atoms with Gasteiger partial charge in [-0.05, 0) is 11.6 Å². The van der Waals surface area contributed by atoms with Crippen molar-refractivity contribution in [1.82, 2.24) is 10.2 Å². The number of ether oxygens (including phenoxy) is 1. The van der Waals surface area contributed by atoms with Crippen molar-refractivity contribution >= 4 is 17.9 Å². The second-order valence-electron chi connectivity index (χ2n) is 4.21. The normalized spacial score (nSPS) is 14.1. The van der Waals surface area contributed by atoms with Gasteiger partial charge in [0.25, 0.3) is 5.91 Å². The zero-order valence-corrected chi connectivity index (χ0v) is 10.6. The Morgan fingerprint density at radius 3 is 2.75 bits per heavy atom. The summed E-state index contributed by atoms with van der Waals surface area (Å²) in [5.74, 6) is -1.82. The van der Waals surface area contributed by atoms with Crippen LogP contribution in [-0.2, 0) is 20.7 Å². The minimum atomic E-state index is -0.719. The highest BCUT2D eigenvalue weighted by Crippen LogP contribution is 2.08. The van der Waals surface area contributed by atoms with Crippen LogP contribution in [-0.4, -0.2) is 42.5 Å². The van der Waals surface area contributed by atoms with Gasteiger partial charge in [-0.25, -0.2) is 9.18 Å². The molecule has 0 unspecified atom stereocenters. The number of urea groups is 1. The first-order valence-corrected chi connectivity index (χ1v) is 6.05. The van der Waals surface area contributed by atoms with Crippen LogP contribution in [0, 0.1) is 5.82 Å². The van der Waals surface area contributed by atoms with Gasteiger partial charge in [0, 0.05) is 13.1 Å². The molecule has 0 radical (unpaired) electrons. The monoisotopic (exact) mass is 280 g/mol. The molecule has 1 aliphatic heterocycles. The van der Waals surface area contributed by atoms with E-state index in [1.165, 1.54) is 18.2 Å². The molecule has 1 fully saturated rings. The third-order valence-electron chi connectivity index (χ3n) is 2.81. The summed E-state index contributed by atoms with van der Waals surface area (Å²) in [6, 6.07) is 5.32. The van der Waals surface area contributed by atoms with Crippen molar-refractivity contribution in [3.8, 4) is 0 Å². The number of nitrogens with one attached hydrogen (secondary N) is 1. The van der Waals surface area contributed by atoms with Gasteiger partial charge in [0.1, 0.15) is 5.82 Å². The van der Waals surface area contributed by atoms with Crippen LogP contribution in [0.5, 0.6) is 0 Å². The number of carbonyl (C=O) groups is 3. The molecular weight excluding hydrogens is 267 g/mol. The first-order chi connectivity index (χ1) is 9.58. The fourth-order valence-electron chi connectivity index (χ4n) is 1.78. The summed E-state index contributed by atoms with van der Waals surface area (Å²) in [5, 5.41) is 2.46. The van der Waals surface area contributed by atoms with Crippen molar-refractivity contribution in [2.75, 3.05) is 19.7 Å². The van der Waals surface area contributed by atoms with Crippen LogP contribution in [0.25, 0.3) is 0 Å². The maximum absolute atomic E-state index is 13.3. The number of esters is 1. The van der Waals surface area contributed by atoms with E-state index < -0.39 is 30.3 Å². The lowest BCUT2D eigenvalue weighted by molar-refractivity contribution is -0.150. The number of amides is 3. The van der Waals surface area contributed by atoms with Gasteiger partial charge >= 0.3 is 12.0 Å². The van der Waals surface area contributed by atoms with Crippen LogP contribution in [0.1, 0.15) is 5.56 Å². The zero-order chi connectivity index (χ0) is 14.5. The second-order valence-corrected chi connectivity index (χ2v) is 4.21. The van der Waals surface area contributed by atoms with Crippen LogP contribution >= 0.6 is 0 Å². The molecule has 2 rings (SSSR count). The third-order valence-corrected chi connectivity index (χ3v) is 2.81. The number of halogens is 1. The van der Waals surface area contributed by atoms with E-state index >= 15 is 0 Å². The fourth-order valence-corrected chi connectivity index (χ4v) is 1.78. The topological polar surface area (TPSA) is 75.7 Å². The molecule has 6 nitrogen and oxygen atoms in total. The Kier molecular flexibility index (Phi) is 4.29. The molecule has 0 spiro atoms. The van der Waals surface area contributed by atoms with E-state index in [4.69, 9.17) is 4.74 Å². The predicted molar refractivity (Wildman–Crippen MR) is 66.2 cm³/mol. The largest absolute Gasteiger partial charge is 0.455 e. The molecule has 1 saturated heterocycles. The average molecular weight is 280 g/mol. The molecule has 7 heteroatoms. The molecule has 1 heterocycles. The maximum Gasteiger partial charge on any atom is 0.324 e. The smallest absolute Gasteiger partial charge is 0.324 e. The van der Waals surface area contributed by atoms with Gasteiger partial charge in [0.15, 0.2) is 6.61 Å². The van der Waals surface area contributed by atoms with Crippen LogP contribution in [0.2, 0.25) is 0 Å². The minimum absolute atomic E-state index is 0.198. The van der Waals surface area contributed by atoms with Gasteiger partial charge in [-0.3, -0.25) is 14.5 Å². The van der Waals surface area contributed by atoms with Crippen molar-refractivity contribution in [3.05, 3.63) is 35.6 Å². The summed E-state index contributed by atoms with van der Waals surface area (Å²) in [7, 11) is 0. The van der Waals surface area contributed by atoms with E-state index in [0.717, 1.165) is 4.90 Å². The van der Waals surface area contributed by atoms with Crippen molar-refractivity contribution in [1.29, 1.82) is 0 Å². The highest BCUT2D eigenvalue weighted by Gasteiger charge is 2.26. The maximum atomic E-state index is 13.3. The molecule has 0 bridgehead atoms. The number of rotatable bonds is 4. The summed E-state index contributed by atoms with van der Waals surface area (Å²) in [5.41, 5.74) is 0.198. The average Bonchev–Trinajstić information content (AvgIpc) is 2.85. The lowest BCUT2D eigenvalue weighted by atomic mass is 10.1. The van der Waals surface area contributed by atoms with E-state index in [0.29, 0.717) is 6.54 Å². The van der Waals surface area contributed by atoms with Gasteiger partial charge in [0.2, 0.25) is 0 Å². The summed E-state index contributed by atoms with van der Waals surface area (Å²) in [6.07, 6.45) is -0.258. The van der Waals surface area contributed by atoms with Gasteiger partial charge in [-0.1, -0.05) is 18.2 Å². The molecule has 0 aromatic heterocycles. The minimum Gasteiger partial charge on any atom is -0.455 e. The molecule has 1 aromatic rings. The Morgan fingerprint density at radius 2 is 2.10 bits per heavy atom. The molecular formula is C13H13FN2O4. The Balaban J connectivity index is 1.82. The number of nitrogens with zero attached hydrogens (tertiary/aromatic N) is 1. The predicted octanol–water partition coefficient (Wildman–Crippen LogP) is 0.463. The van der Waals surface area contributed by atoms with Gasteiger partial charge < -0.3 is 10.1 Å². The number of hydrogen-bond acceptors (Lipinski definition) is 4. The Bertz CT molecular complexity index is 547. The van der Waals surface area contributed by atoms with Crippen molar-refractivity contribution in [2.24, 2.45) is 0 Å². The van der Waals surface area contributed by atoms with Crippen LogP contribution in [0.3, 0.4) is 0 Å². The number of imide groups is 1. The quantitative estimate of drug-likeness (QED) is 0.813. The van der Waals surface area contributed by atoms with E-state index in [1.807, 2.05) is 0 Å². The highest BCUT2D eigenvalue weighted by molar-refractivity contribution is 5.97. The van der Waals surface area contributed by atoms with Crippen LogP contribution < -0.4 is 5.32 Å². The lowest BCUT2D eigenvalue weighted by Crippen LogP contribution is -2.37. The van der Waals surface area contributed by atoms with E-state index in [9.17, 15) is 18.8 Å².